The van der Waals surface area contributed by atoms with Crippen LogP contribution in [0, 0.1) is 5.41 Å². The summed E-state index contributed by atoms with van der Waals surface area (Å²) in [4.78, 5) is 0. The Morgan fingerprint density at radius 1 is 1.36 bits per heavy atom. The molecule has 0 spiro atoms. The van der Waals surface area contributed by atoms with Crippen LogP contribution in [0.2, 0.25) is 0 Å². The molecule has 0 saturated carbocycles. The van der Waals surface area contributed by atoms with Gasteiger partial charge in [0.15, 0.2) is 0 Å². The third kappa shape index (κ3) is 6.20. The van der Waals surface area contributed by atoms with Gasteiger partial charge in [0.2, 0.25) is 0 Å². The topological polar surface area (TPSA) is 12.0 Å². The number of nitrogens with one attached hydrogen (secondary N) is 1. The van der Waals surface area contributed by atoms with Gasteiger partial charge in [0.05, 0.1) is 0 Å². The van der Waals surface area contributed by atoms with Crippen LogP contribution < -0.4 is 5.32 Å². The number of hydrogen-bond donors (Lipinski definition) is 1. The molecule has 1 heteroatoms. The average Bonchev–Trinajstić information content (AvgIpc) is 2.09. The molecular weight excluding hydrogens is 170 g/mol. The molecule has 0 aromatic rings. The third-order valence-corrected chi connectivity index (χ3v) is 2.59. The molecule has 0 aliphatic rings. The molecule has 0 aromatic carbocycles. The van der Waals surface area contributed by atoms with E-state index in [1.54, 1.807) is 0 Å². The lowest BCUT2D eigenvalue weighted by Crippen LogP contribution is -2.40. The van der Waals surface area contributed by atoms with E-state index >= 15 is 0 Å². The van der Waals surface area contributed by atoms with Gasteiger partial charge in [-0.05, 0) is 37.6 Å². The van der Waals surface area contributed by atoms with Gasteiger partial charge >= 0.3 is 0 Å². The Morgan fingerprint density at radius 3 is 2.43 bits per heavy atom. The Hall–Kier alpha value is -0.300. The predicted molar refractivity (Wildman–Crippen MR) is 65.6 cm³/mol. The van der Waals surface area contributed by atoms with E-state index < -0.39 is 0 Å². The Bertz CT molecular complexity index is 144. The van der Waals surface area contributed by atoms with Crippen LogP contribution in [0.1, 0.15) is 53.4 Å². The summed E-state index contributed by atoms with van der Waals surface area (Å²) in [7, 11) is 0. The number of hydrogen-bond acceptors (Lipinski definition) is 1. The van der Waals surface area contributed by atoms with E-state index in [-0.39, 0.29) is 0 Å². The first-order valence-electron chi connectivity index (χ1n) is 5.86. The summed E-state index contributed by atoms with van der Waals surface area (Å²) in [6.45, 7) is 14.1. The van der Waals surface area contributed by atoms with E-state index in [2.05, 4.69) is 39.6 Å². The standard InChI is InChI=1S/C13H27N/c1-6-8-9-10-12(13(3,4)5)14-11-7-2/h6,12,14H,1,7-11H2,2-5H3. The minimum Gasteiger partial charge on any atom is -0.313 e. The molecule has 1 nitrogen and oxygen atoms in total. The van der Waals surface area contributed by atoms with Crippen molar-refractivity contribution >= 4 is 0 Å². The first kappa shape index (κ1) is 13.7. The van der Waals surface area contributed by atoms with Crippen molar-refractivity contribution in [2.24, 2.45) is 5.41 Å². The number of allylic oxidation sites excluding steroid dienone is 1. The lowest BCUT2D eigenvalue weighted by Gasteiger charge is -2.31. The Kier molecular flexibility index (Phi) is 6.90. The predicted octanol–water partition coefficient (Wildman–Crippen LogP) is 3.76. The van der Waals surface area contributed by atoms with Crippen LogP contribution in [-0.4, -0.2) is 12.6 Å². The molecule has 1 atom stereocenters. The summed E-state index contributed by atoms with van der Waals surface area (Å²) in [5.74, 6) is 0. The van der Waals surface area contributed by atoms with E-state index in [0.717, 1.165) is 13.0 Å². The quantitative estimate of drug-likeness (QED) is 0.484. The van der Waals surface area contributed by atoms with Crippen molar-refractivity contribution < 1.29 is 0 Å². The maximum Gasteiger partial charge on any atom is 0.0116 e. The molecule has 0 aliphatic heterocycles. The Morgan fingerprint density at radius 2 is 2.00 bits per heavy atom. The largest absolute Gasteiger partial charge is 0.313 e. The van der Waals surface area contributed by atoms with Crippen molar-refractivity contribution in [3.05, 3.63) is 12.7 Å². The zero-order valence-electron chi connectivity index (χ0n) is 10.4. The first-order valence-corrected chi connectivity index (χ1v) is 5.86. The van der Waals surface area contributed by atoms with Crippen molar-refractivity contribution in [2.45, 2.75) is 59.4 Å². The van der Waals surface area contributed by atoms with Gasteiger partial charge in [-0.1, -0.05) is 33.8 Å². The van der Waals surface area contributed by atoms with Gasteiger partial charge in [0, 0.05) is 6.04 Å². The van der Waals surface area contributed by atoms with Crippen LogP contribution in [0.15, 0.2) is 12.7 Å². The van der Waals surface area contributed by atoms with Crippen molar-refractivity contribution in [3.8, 4) is 0 Å². The summed E-state index contributed by atoms with van der Waals surface area (Å²) >= 11 is 0. The molecule has 0 radical (unpaired) electrons. The lowest BCUT2D eigenvalue weighted by atomic mass is 9.83. The van der Waals surface area contributed by atoms with Crippen LogP contribution in [0.25, 0.3) is 0 Å². The maximum absolute atomic E-state index is 3.76. The van der Waals surface area contributed by atoms with Gasteiger partial charge in [0.1, 0.15) is 0 Å². The highest BCUT2D eigenvalue weighted by Gasteiger charge is 2.22. The van der Waals surface area contributed by atoms with Crippen LogP contribution in [-0.2, 0) is 0 Å². The van der Waals surface area contributed by atoms with Crippen molar-refractivity contribution in [1.29, 1.82) is 0 Å². The van der Waals surface area contributed by atoms with Gasteiger partial charge in [0.25, 0.3) is 0 Å². The van der Waals surface area contributed by atoms with Crippen molar-refractivity contribution in [3.63, 3.8) is 0 Å². The van der Waals surface area contributed by atoms with E-state index in [4.69, 9.17) is 0 Å². The van der Waals surface area contributed by atoms with E-state index in [9.17, 15) is 0 Å². The second-order valence-corrected chi connectivity index (χ2v) is 5.09. The smallest absolute Gasteiger partial charge is 0.0116 e. The van der Waals surface area contributed by atoms with Crippen molar-refractivity contribution in [1.82, 2.24) is 5.32 Å². The fraction of sp³-hybridized carbons (Fsp3) is 0.846. The molecular formula is C13H27N. The Balaban J connectivity index is 3.91. The van der Waals surface area contributed by atoms with Gasteiger partial charge in [-0.25, -0.2) is 0 Å². The molecule has 0 rings (SSSR count). The lowest BCUT2D eigenvalue weighted by molar-refractivity contribution is 0.252. The van der Waals surface area contributed by atoms with E-state index in [0.29, 0.717) is 11.5 Å². The van der Waals surface area contributed by atoms with Gasteiger partial charge < -0.3 is 5.32 Å². The SMILES string of the molecule is C=CCCCC(NCCC)C(C)(C)C. The molecule has 0 bridgehead atoms. The van der Waals surface area contributed by atoms with Crippen molar-refractivity contribution in [2.75, 3.05) is 6.54 Å². The zero-order chi connectivity index (χ0) is 11.0. The summed E-state index contributed by atoms with van der Waals surface area (Å²) in [5, 5.41) is 3.63. The Labute approximate surface area is 90.0 Å². The molecule has 0 fully saturated rings. The van der Waals surface area contributed by atoms with Crippen LogP contribution in [0.4, 0.5) is 0 Å². The highest BCUT2D eigenvalue weighted by Crippen LogP contribution is 2.23. The first-order chi connectivity index (χ1) is 6.52. The highest BCUT2D eigenvalue weighted by molar-refractivity contribution is 4.81. The number of rotatable bonds is 7. The van der Waals surface area contributed by atoms with E-state index in [1.807, 2.05) is 6.08 Å². The molecule has 0 heterocycles. The van der Waals surface area contributed by atoms with Crippen LogP contribution in [0.3, 0.4) is 0 Å². The summed E-state index contributed by atoms with van der Waals surface area (Å²) in [5.41, 5.74) is 0.371. The minimum absolute atomic E-state index is 0.371. The molecule has 1 N–H and O–H groups in total. The highest BCUT2D eigenvalue weighted by atomic mass is 14.9. The molecule has 0 aromatic heterocycles. The van der Waals surface area contributed by atoms with Gasteiger partial charge in [-0.2, -0.15) is 0 Å². The fourth-order valence-electron chi connectivity index (χ4n) is 1.63. The number of unbranched alkanes of at least 4 members (excludes halogenated alkanes) is 1. The van der Waals surface area contributed by atoms with Gasteiger partial charge in [-0.3, -0.25) is 0 Å². The summed E-state index contributed by atoms with van der Waals surface area (Å²) in [6.07, 6.45) is 6.88. The monoisotopic (exact) mass is 197 g/mol. The van der Waals surface area contributed by atoms with E-state index in [1.165, 1.54) is 19.3 Å². The molecule has 1 unspecified atom stereocenters. The van der Waals surface area contributed by atoms with Crippen LogP contribution >= 0.6 is 0 Å². The summed E-state index contributed by atoms with van der Waals surface area (Å²) < 4.78 is 0. The second-order valence-electron chi connectivity index (χ2n) is 5.09. The molecule has 0 amide bonds. The third-order valence-electron chi connectivity index (χ3n) is 2.59. The molecule has 14 heavy (non-hydrogen) atoms. The maximum atomic E-state index is 3.76. The molecule has 0 saturated heterocycles. The minimum atomic E-state index is 0.371. The summed E-state index contributed by atoms with van der Waals surface area (Å²) in [6, 6.07) is 0.641. The zero-order valence-corrected chi connectivity index (χ0v) is 10.4. The van der Waals surface area contributed by atoms with Crippen LogP contribution in [0.5, 0.6) is 0 Å². The van der Waals surface area contributed by atoms with Gasteiger partial charge in [-0.15, -0.1) is 6.58 Å². The molecule has 0 aliphatic carbocycles. The second kappa shape index (κ2) is 7.05. The normalized spacial score (nSPS) is 14.0. The average molecular weight is 197 g/mol. The fourth-order valence-corrected chi connectivity index (χ4v) is 1.63. The molecule has 84 valence electrons.